The molecule has 1 N–H and O–H groups in total. The van der Waals surface area contributed by atoms with Crippen LogP contribution in [0, 0.1) is 0 Å². The Morgan fingerprint density at radius 1 is 1.16 bits per heavy atom. The minimum Gasteiger partial charge on any atom is -0.493 e. The minimum absolute atomic E-state index is 0.0255. The molecule has 0 aliphatic heterocycles. The molecule has 0 saturated heterocycles. The Morgan fingerprint density at radius 3 is 2.21 bits per heavy atom. The molecule has 102 valence electrons. The first-order valence-electron chi connectivity index (χ1n) is 5.23. The van der Waals surface area contributed by atoms with E-state index in [2.05, 4.69) is 11.3 Å². The highest BCUT2D eigenvalue weighted by atomic mass is 16.5. The lowest BCUT2D eigenvalue weighted by molar-refractivity contribution is -0.133. The van der Waals surface area contributed by atoms with Crippen LogP contribution >= 0.6 is 0 Å². The summed E-state index contributed by atoms with van der Waals surface area (Å²) in [4.78, 5) is 22.8. The molecule has 0 bridgehead atoms. The van der Waals surface area contributed by atoms with E-state index in [1.165, 1.54) is 33.5 Å². The zero-order valence-electron chi connectivity index (χ0n) is 10.9. The maximum absolute atomic E-state index is 11.5. The number of rotatable bonds is 5. The second kappa shape index (κ2) is 5.90. The number of benzene rings is 1. The van der Waals surface area contributed by atoms with Crippen molar-refractivity contribution in [2.75, 3.05) is 21.3 Å². The standard InChI is InChI=1S/C13H14O6/c1-7(13(16)19-4)8-5-6-9(17-2)11(18-3)10(8)12(14)15/h5-6H,1H2,2-4H3,(H,14,15). The number of esters is 1. The van der Waals surface area contributed by atoms with Crippen LogP contribution in [0.5, 0.6) is 11.5 Å². The summed E-state index contributed by atoms with van der Waals surface area (Å²) in [5.74, 6) is -1.69. The Balaban J connectivity index is 3.53. The fourth-order valence-electron chi connectivity index (χ4n) is 1.62. The average Bonchev–Trinajstić information content (AvgIpc) is 2.43. The molecule has 6 heteroatoms. The number of carboxylic acids is 1. The Labute approximate surface area is 110 Å². The largest absolute Gasteiger partial charge is 0.493 e. The summed E-state index contributed by atoms with van der Waals surface area (Å²) < 4.78 is 14.6. The molecule has 0 unspecified atom stereocenters. The van der Waals surface area contributed by atoms with Crippen LogP contribution in [0.3, 0.4) is 0 Å². The zero-order chi connectivity index (χ0) is 14.6. The highest BCUT2D eigenvalue weighted by Gasteiger charge is 2.24. The van der Waals surface area contributed by atoms with Gasteiger partial charge in [-0.2, -0.15) is 0 Å². The number of carbonyl (C=O) groups excluding carboxylic acids is 1. The summed E-state index contributed by atoms with van der Waals surface area (Å²) >= 11 is 0. The molecule has 1 rings (SSSR count). The quantitative estimate of drug-likeness (QED) is 0.643. The lowest BCUT2D eigenvalue weighted by Gasteiger charge is -2.14. The van der Waals surface area contributed by atoms with Crippen LogP contribution in [0.1, 0.15) is 15.9 Å². The fraction of sp³-hybridized carbons (Fsp3) is 0.231. The van der Waals surface area contributed by atoms with Crippen molar-refractivity contribution in [3.05, 3.63) is 29.8 Å². The molecule has 0 heterocycles. The van der Waals surface area contributed by atoms with E-state index in [1.807, 2.05) is 0 Å². The maximum atomic E-state index is 11.5. The van der Waals surface area contributed by atoms with Gasteiger partial charge in [0.1, 0.15) is 5.56 Å². The molecular weight excluding hydrogens is 252 g/mol. The number of aromatic carboxylic acids is 1. The number of hydrogen-bond acceptors (Lipinski definition) is 5. The summed E-state index contributed by atoms with van der Waals surface area (Å²) in [6, 6.07) is 2.92. The number of carboxylic acid groups (broad SMARTS) is 1. The molecule has 0 spiro atoms. The summed E-state index contributed by atoms with van der Waals surface area (Å²) in [5, 5.41) is 9.27. The van der Waals surface area contributed by atoms with E-state index in [0.717, 1.165) is 0 Å². The van der Waals surface area contributed by atoms with Crippen molar-refractivity contribution < 1.29 is 28.9 Å². The third-order valence-electron chi connectivity index (χ3n) is 2.52. The van der Waals surface area contributed by atoms with Gasteiger partial charge in [-0.15, -0.1) is 0 Å². The molecule has 0 aromatic heterocycles. The Kier molecular flexibility index (Phi) is 4.52. The lowest BCUT2D eigenvalue weighted by Crippen LogP contribution is -2.10. The van der Waals surface area contributed by atoms with Crippen LogP contribution in [0.15, 0.2) is 18.7 Å². The molecule has 0 saturated carbocycles. The van der Waals surface area contributed by atoms with E-state index in [-0.39, 0.29) is 28.2 Å². The van der Waals surface area contributed by atoms with Gasteiger partial charge in [0.05, 0.1) is 26.9 Å². The second-order valence-corrected chi connectivity index (χ2v) is 3.50. The van der Waals surface area contributed by atoms with Crippen LogP contribution in [0.4, 0.5) is 0 Å². The third-order valence-corrected chi connectivity index (χ3v) is 2.52. The Morgan fingerprint density at radius 2 is 1.79 bits per heavy atom. The van der Waals surface area contributed by atoms with Crippen LogP contribution in [0.25, 0.3) is 5.57 Å². The molecule has 1 aromatic rings. The van der Waals surface area contributed by atoms with Gasteiger partial charge >= 0.3 is 11.9 Å². The summed E-state index contributed by atoms with van der Waals surface area (Å²) in [6.07, 6.45) is 0. The van der Waals surface area contributed by atoms with Crippen molar-refractivity contribution in [2.24, 2.45) is 0 Å². The van der Waals surface area contributed by atoms with Gasteiger partial charge in [0.15, 0.2) is 11.5 Å². The topological polar surface area (TPSA) is 82.1 Å². The molecule has 19 heavy (non-hydrogen) atoms. The first kappa shape index (κ1) is 14.6. The monoisotopic (exact) mass is 266 g/mol. The summed E-state index contributed by atoms with van der Waals surface area (Å²) in [7, 11) is 3.89. The molecular formula is C13H14O6. The van der Waals surface area contributed by atoms with Gasteiger partial charge in [-0.1, -0.05) is 6.58 Å². The zero-order valence-corrected chi connectivity index (χ0v) is 10.9. The third kappa shape index (κ3) is 2.67. The van der Waals surface area contributed by atoms with Gasteiger partial charge in [0, 0.05) is 5.56 Å². The molecule has 0 amide bonds. The van der Waals surface area contributed by atoms with E-state index < -0.39 is 11.9 Å². The predicted octanol–water partition coefficient (Wildman–Crippen LogP) is 1.59. The van der Waals surface area contributed by atoms with Crippen molar-refractivity contribution >= 4 is 17.5 Å². The summed E-state index contributed by atoms with van der Waals surface area (Å²) in [6.45, 7) is 3.54. The van der Waals surface area contributed by atoms with Crippen molar-refractivity contribution in [3.63, 3.8) is 0 Å². The first-order valence-corrected chi connectivity index (χ1v) is 5.23. The predicted molar refractivity (Wildman–Crippen MR) is 67.6 cm³/mol. The van der Waals surface area contributed by atoms with Gasteiger partial charge in [0.25, 0.3) is 0 Å². The molecule has 6 nitrogen and oxygen atoms in total. The highest BCUT2D eigenvalue weighted by Crippen LogP contribution is 2.36. The number of hydrogen-bond donors (Lipinski definition) is 1. The van der Waals surface area contributed by atoms with Crippen molar-refractivity contribution in [3.8, 4) is 11.5 Å². The first-order chi connectivity index (χ1) is 8.97. The van der Waals surface area contributed by atoms with Crippen LogP contribution in [-0.4, -0.2) is 38.4 Å². The van der Waals surface area contributed by atoms with Gasteiger partial charge in [0.2, 0.25) is 0 Å². The number of carbonyl (C=O) groups is 2. The van der Waals surface area contributed by atoms with Crippen LogP contribution in [0.2, 0.25) is 0 Å². The summed E-state index contributed by atoms with van der Waals surface area (Å²) in [5.41, 5.74) is -0.143. The average molecular weight is 266 g/mol. The van der Waals surface area contributed by atoms with E-state index in [1.54, 1.807) is 0 Å². The van der Waals surface area contributed by atoms with E-state index >= 15 is 0 Å². The molecule has 0 radical (unpaired) electrons. The smallest absolute Gasteiger partial charge is 0.340 e. The molecule has 0 atom stereocenters. The normalized spacial score (nSPS) is 9.63. The molecule has 0 aliphatic carbocycles. The van der Waals surface area contributed by atoms with Crippen molar-refractivity contribution in [2.45, 2.75) is 0 Å². The highest BCUT2D eigenvalue weighted by molar-refractivity contribution is 6.18. The van der Waals surface area contributed by atoms with Crippen molar-refractivity contribution in [1.82, 2.24) is 0 Å². The Bertz CT molecular complexity index is 532. The molecule has 0 aliphatic rings. The van der Waals surface area contributed by atoms with E-state index in [4.69, 9.17) is 9.47 Å². The lowest BCUT2D eigenvalue weighted by atomic mass is 9.99. The van der Waals surface area contributed by atoms with Crippen LogP contribution < -0.4 is 9.47 Å². The minimum atomic E-state index is -1.25. The second-order valence-electron chi connectivity index (χ2n) is 3.50. The van der Waals surface area contributed by atoms with E-state index in [0.29, 0.717) is 0 Å². The number of methoxy groups -OCH3 is 3. The van der Waals surface area contributed by atoms with Gasteiger partial charge in [-0.25, -0.2) is 9.59 Å². The van der Waals surface area contributed by atoms with Gasteiger partial charge in [-0.3, -0.25) is 0 Å². The van der Waals surface area contributed by atoms with Crippen LogP contribution in [-0.2, 0) is 9.53 Å². The van der Waals surface area contributed by atoms with Crippen molar-refractivity contribution in [1.29, 1.82) is 0 Å². The number of ether oxygens (including phenoxy) is 3. The SMILES string of the molecule is C=C(C(=O)OC)c1ccc(OC)c(OC)c1C(=O)O. The fourth-order valence-corrected chi connectivity index (χ4v) is 1.62. The maximum Gasteiger partial charge on any atom is 0.340 e. The van der Waals surface area contributed by atoms with E-state index in [9.17, 15) is 14.7 Å². The van der Waals surface area contributed by atoms with Gasteiger partial charge < -0.3 is 19.3 Å². The molecule has 1 aromatic carbocycles. The van der Waals surface area contributed by atoms with Gasteiger partial charge in [-0.05, 0) is 12.1 Å². The Hall–Kier alpha value is -2.50. The molecule has 0 fully saturated rings.